The van der Waals surface area contributed by atoms with E-state index in [2.05, 4.69) is 72.2 Å². The van der Waals surface area contributed by atoms with Gasteiger partial charge in [-0.3, -0.25) is 0 Å². The van der Waals surface area contributed by atoms with Crippen molar-refractivity contribution in [2.75, 3.05) is 0 Å². The van der Waals surface area contributed by atoms with Gasteiger partial charge >= 0.3 is 0 Å². The molecule has 0 aliphatic rings. The van der Waals surface area contributed by atoms with Crippen molar-refractivity contribution in [3.8, 4) is 11.3 Å². The number of fused-ring (bicyclic) bond motifs is 5. The lowest BCUT2D eigenvalue weighted by molar-refractivity contribution is -0.660. The van der Waals surface area contributed by atoms with Gasteiger partial charge in [-0.05, 0) is 36.1 Å². The second kappa shape index (κ2) is 5.15. The van der Waals surface area contributed by atoms with Crippen LogP contribution in [0.5, 0.6) is 0 Å². The molecule has 0 aliphatic carbocycles. The van der Waals surface area contributed by atoms with E-state index in [-0.39, 0.29) is 0 Å². The minimum absolute atomic E-state index is 0.697. The maximum Gasteiger partial charge on any atom is 0.227 e. The van der Waals surface area contributed by atoms with E-state index in [4.69, 9.17) is 4.42 Å². The highest BCUT2D eigenvalue weighted by Crippen LogP contribution is 2.36. The van der Waals surface area contributed by atoms with Gasteiger partial charge in [-0.1, -0.05) is 24.3 Å². The summed E-state index contributed by atoms with van der Waals surface area (Å²) in [6.07, 6.45) is 3.94. The Morgan fingerprint density at radius 2 is 1.80 bits per heavy atom. The molecule has 0 bridgehead atoms. The van der Waals surface area contributed by atoms with Gasteiger partial charge in [0.1, 0.15) is 12.6 Å². The van der Waals surface area contributed by atoms with E-state index in [0.29, 0.717) is 5.71 Å². The number of hydrogen-bond acceptors (Lipinski definition) is 2. The summed E-state index contributed by atoms with van der Waals surface area (Å²) in [6, 6.07) is 18.9. The quantitative estimate of drug-likeness (QED) is 0.409. The van der Waals surface area contributed by atoms with Crippen molar-refractivity contribution in [1.29, 1.82) is 0 Å². The molecule has 0 saturated heterocycles. The first-order valence-electron chi connectivity index (χ1n) is 8.38. The predicted molar refractivity (Wildman–Crippen MR) is 100 cm³/mol. The van der Waals surface area contributed by atoms with Gasteiger partial charge in [0.15, 0.2) is 6.20 Å². The van der Waals surface area contributed by atoms with Crippen LogP contribution in [0.25, 0.3) is 44.1 Å². The topological polar surface area (TPSA) is 29.9 Å². The normalized spacial score (nSPS) is 11.6. The standard InChI is InChI=1S/C22H17N2O/c1-14-11-18-20(12-17(14)19-9-5-6-10-24(19)2)25-22-21(18)16-8-4-3-7-15(16)13-23-22/h3-13H,1-2H3/q+1. The Morgan fingerprint density at radius 1 is 0.960 bits per heavy atom. The number of benzene rings is 2. The van der Waals surface area contributed by atoms with E-state index in [1.807, 2.05) is 18.3 Å². The number of pyridine rings is 2. The fourth-order valence-corrected chi connectivity index (χ4v) is 3.63. The van der Waals surface area contributed by atoms with Gasteiger partial charge in [0.05, 0.1) is 10.9 Å². The molecule has 3 heterocycles. The minimum Gasteiger partial charge on any atom is -0.438 e. The molecule has 0 radical (unpaired) electrons. The molecule has 0 N–H and O–H groups in total. The molecule has 0 saturated carbocycles. The van der Waals surface area contributed by atoms with Gasteiger partial charge < -0.3 is 4.42 Å². The number of nitrogens with zero attached hydrogens (tertiary/aromatic N) is 2. The molecule has 0 aliphatic heterocycles. The van der Waals surface area contributed by atoms with Gasteiger partial charge in [-0.25, -0.2) is 9.55 Å². The molecular weight excluding hydrogens is 308 g/mol. The van der Waals surface area contributed by atoms with Crippen LogP contribution in [0, 0.1) is 6.92 Å². The predicted octanol–water partition coefficient (Wildman–Crippen LogP) is 4.93. The lowest BCUT2D eigenvalue weighted by Crippen LogP contribution is -2.30. The Kier molecular flexibility index (Phi) is 2.92. The van der Waals surface area contributed by atoms with Gasteiger partial charge in [-0.15, -0.1) is 0 Å². The molecule has 5 rings (SSSR count). The number of aromatic nitrogens is 2. The van der Waals surface area contributed by atoms with Gasteiger partial charge in [0.25, 0.3) is 0 Å². The molecular formula is C22H17N2O+. The van der Waals surface area contributed by atoms with Crippen LogP contribution in [0.4, 0.5) is 0 Å². The van der Waals surface area contributed by atoms with Crippen molar-refractivity contribution in [2.24, 2.45) is 7.05 Å². The van der Waals surface area contributed by atoms with Crippen LogP contribution in [0.1, 0.15) is 5.56 Å². The van der Waals surface area contributed by atoms with Crippen LogP contribution in [-0.2, 0) is 7.05 Å². The van der Waals surface area contributed by atoms with Gasteiger partial charge in [-0.2, -0.15) is 0 Å². The van der Waals surface area contributed by atoms with Gasteiger partial charge in [0.2, 0.25) is 11.4 Å². The highest BCUT2D eigenvalue weighted by molar-refractivity contribution is 6.17. The SMILES string of the molecule is Cc1cc2c(cc1-c1cccc[n+]1C)oc1ncc3ccccc3c12. The molecule has 0 amide bonds. The fraction of sp³-hybridized carbons (Fsp3) is 0.0909. The van der Waals surface area contributed by atoms with Crippen LogP contribution in [0.2, 0.25) is 0 Å². The molecule has 2 aromatic carbocycles. The lowest BCUT2D eigenvalue weighted by atomic mass is 10.00. The minimum atomic E-state index is 0.697. The number of aryl methyl sites for hydroxylation is 2. The molecule has 0 spiro atoms. The third-order valence-electron chi connectivity index (χ3n) is 4.90. The summed E-state index contributed by atoms with van der Waals surface area (Å²) in [5, 5.41) is 4.54. The summed E-state index contributed by atoms with van der Waals surface area (Å²) >= 11 is 0. The highest BCUT2D eigenvalue weighted by Gasteiger charge is 2.17. The van der Waals surface area contributed by atoms with Crippen molar-refractivity contribution in [1.82, 2.24) is 4.98 Å². The monoisotopic (exact) mass is 325 g/mol. The smallest absolute Gasteiger partial charge is 0.227 e. The molecule has 3 heteroatoms. The summed E-state index contributed by atoms with van der Waals surface area (Å²) in [5.74, 6) is 0. The number of rotatable bonds is 1. The van der Waals surface area contributed by atoms with Crippen LogP contribution in [0.15, 0.2) is 71.4 Å². The Hall–Kier alpha value is -3.20. The Bertz CT molecular complexity index is 1270. The molecule has 3 nitrogen and oxygen atoms in total. The number of furan rings is 1. The maximum atomic E-state index is 6.10. The largest absolute Gasteiger partial charge is 0.438 e. The van der Waals surface area contributed by atoms with Crippen LogP contribution in [-0.4, -0.2) is 4.98 Å². The maximum absolute atomic E-state index is 6.10. The Balaban J connectivity index is 1.89. The Morgan fingerprint density at radius 3 is 2.68 bits per heavy atom. The zero-order valence-corrected chi connectivity index (χ0v) is 14.2. The average Bonchev–Trinajstić information content (AvgIpc) is 2.99. The molecule has 120 valence electrons. The molecule has 0 fully saturated rings. The fourth-order valence-electron chi connectivity index (χ4n) is 3.63. The molecule has 3 aromatic heterocycles. The first-order valence-corrected chi connectivity index (χ1v) is 8.38. The van der Waals surface area contributed by atoms with E-state index < -0.39 is 0 Å². The molecule has 0 unspecified atom stereocenters. The summed E-state index contributed by atoms with van der Waals surface area (Å²) in [6.45, 7) is 2.15. The van der Waals surface area contributed by atoms with E-state index in [1.54, 1.807) is 0 Å². The third kappa shape index (κ3) is 2.06. The second-order valence-corrected chi connectivity index (χ2v) is 6.49. The zero-order chi connectivity index (χ0) is 17.0. The number of hydrogen-bond donors (Lipinski definition) is 0. The first kappa shape index (κ1) is 14.2. The summed E-state index contributed by atoms with van der Waals surface area (Å²) in [5.41, 5.74) is 5.15. The third-order valence-corrected chi connectivity index (χ3v) is 4.90. The first-order chi connectivity index (χ1) is 12.2. The summed E-state index contributed by atoms with van der Waals surface area (Å²) < 4.78 is 8.23. The van der Waals surface area contributed by atoms with Gasteiger partial charge in [0, 0.05) is 29.1 Å². The lowest BCUT2D eigenvalue weighted by Gasteiger charge is -2.04. The highest BCUT2D eigenvalue weighted by atomic mass is 16.3. The molecule has 25 heavy (non-hydrogen) atoms. The summed E-state index contributed by atoms with van der Waals surface area (Å²) in [7, 11) is 2.06. The molecule has 5 aromatic rings. The van der Waals surface area contributed by atoms with E-state index >= 15 is 0 Å². The van der Waals surface area contributed by atoms with Crippen LogP contribution >= 0.6 is 0 Å². The second-order valence-electron chi connectivity index (χ2n) is 6.49. The average molecular weight is 325 g/mol. The molecule has 0 atom stereocenters. The van der Waals surface area contributed by atoms with Crippen molar-refractivity contribution in [3.05, 3.63) is 72.6 Å². The van der Waals surface area contributed by atoms with Crippen molar-refractivity contribution in [3.63, 3.8) is 0 Å². The Labute approximate surface area is 145 Å². The van der Waals surface area contributed by atoms with Crippen molar-refractivity contribution in [2.45, 2.75) is 6.92 Å². The van der Waals surface area contributed by atoms with E-state index in [9.17, 15) is 0 Å². The van der Waals surface area contributed by atoms with Crippen molar-refractivity contribution < 1.29 is 8.98 Å². The summed E-state index contributed by atoms with van der Waals surface area (Å²) in [4.78, 5) is 4.52. The zero-order valence-electron chi connectivity index (χ0n) is 14.2. The van der Waals surface area contributed by atoms with E-state index in [0.717, 1.165) is 21.7 Å². The van der Waals surface area contributed by atoms with Crippen molar-refractivity contribution >= 4 is 32.8 Å². The van der Waals surface area contributed by atoms with E-state index in [1.165, 1.54) is 22.2 Å². The van der Waals surface area contributed by atoms with Crippen LogP contribution in [0.3, 0.4) is 0 Å². The van der Waals surface area contributed by atoms with Crippen LogP contribution < -0.4 is 4.57 Å².